The molecule has 0 atom stereocenters. The molecule has 0 aliphatic rings. The van der Waals surface area contributed by atoms with Crippen molar-refractivity contribution >= 4 is 23.5 Å². The summed E-state index contributed by atoms with van der Waals surface area (Å²) in [7, 11) is 0. The summed E-state index contributed by atoms with van der Waals surface area (Å²) < 4.78 is 0. The summed E-state index contributed by atoms with van der Waals surface area (Å²) in [4.78, 5) is 4.03. The number of guanidine groups is 1. The number of nitrogens with one attached hydrogen (secondary N) is 2. The molecule has 2 rings (SSSR count). The van der Waals surface area contributed by atoms with Crippen molar-refractivity contribution < 1.29 is 10.4 Å². The summed E-state index contributed by atoms with van der Waals surface area (Å²) in [5.74, 6) is -0.0652. The molecule has 22 heavy (non-hydrogen) atoms. The minimum absolute atomic E-state index is 0.00621. The van der Waals surface area contributed by atoms with Gasteiger partial charge in [0.2, 0.25) is 5.96 Å². The highest BCUT2D eigenvalue weighted by atomic mass is 16.8. The minimum atomic E-state index is -0.0652. The lowest BCUT2D eigenvalue weighted by Gasteiger charge is -2.11. The zero-order valence-electron chi connectivity index (χ0n) is 11.4. The van der Waals surface area contributed by atoms with Gasteiger partial charge in [0.1, 0.15) is 0 Å². The normalized spacial score (nSPS) is 11.5. The van der Waals surface area contributed by atoms with Gasteiger partial charge < -0.3 is 10.7 Å². The second-order valence-corrected chi connectivity index (χ2v) is 4.15. The first kappa shape index (κ1) is 15.4. The van der Waals surface area contributed by atoms with E-state index in [4.69, 9.17) is 10.4 Å². The van der Waals surface area contributed by atoms with Crippen LogP contribution in [0.4, 0.5) is 11.4 Å². The highest BCUT2D eigenvalue weighted by molar-refractivity contribution is 5.86. The van der Waals surface area contributed by atoms with Gasteiger partial charge in [-0.1, -0.05) is 30.3 Å². The third-order valence-corrected chi connectivity index (χ3v) is 2.58. The van der Waals surface area contributed by atoms with Crippen LogP contribution < -0.4 is 16.1 Å². The third-order valence-electron chi connectivity index (χ3n) is 2.58. The highest BCUT2D eigenvalue weighted by Gasteiger charge is 1.98. The SMILES string of the molecule is [O-]NC(=Nc1ccccc1)N/N=C/c1cccc(N(O)O)c1. The minimum Gasteiger partial charge on any atom is -0.759 e. The van der Waals surface area contributed by atoms with Gasteiger partial charge >= 0.3 is 0 Å². The molecule has 0 aliphatic heterocycles. The Hall–Kier alpha value is -2.94. The quantitative estimate of drug-likeness (QED) is 0.390. The molecule has 0 saturated heterocycles. The van der Waals surface area contributed by atoms with Crippen LogP contribution in [0.2, 0.25) is 0 Å². The second kappa shape index (κ2) is 7.74. The maximum absolute atomic E-state index is 10.8. The lowest BCUT2D eigenvalue weighted by Crippen LogP contribution is -2.29. The van der Waals surface area contributed by atoms with Crippen molar-refractivity contribution in [3.05, 3.63) is 65.4 Å². The summed E-state index contributed by atoms with van der Waals surface area (Å²) in [5, 5.41) is 32.5. The van der Waals surface area contributed by atoms with Crippen molar-refractivity contribution in [2.45, 2.75) is 0 Å². The van der Waals surface area contributed by atoms with Crippen LogP contribution in [0.15, 0.2) is 64.7 Å². The molecule has 2 aromatic rings. The number of nitrogens with zero attached hydrogens (tertiary/aromatic N) is 3. The second-order valence-electron chi connectivity index (χ2n) is 4.15. The molecule has 0 bridgehead atoms. The maximum Gasteiger partial charge on any atom is 0.206 e. The van der Waals surface area contributed by atoms with Crippen molar-refractivity contribution in [2.24, 2.45) is 10.1 Å². The van der Waals surface area contributed by atoms with E-state index in [0.29, 0.717) is 11.3 Å². The van der Waals surface area contributed by atoms with Gasteiger partial charge in [0, 0.05) is 0 Å². The van der Waals surface area contributed by atoms with Gasteiger partial charge in [0.25, 0.3) is 0 Å². The van der Waals surface area contributed by atoms with E-state index >= 15 is 0 Å². The predicted molar refractivity (Wildman–Crippen MR) is 83.3 cm³/mol. The van der Waals surface area contributed by atoms with Crippen LogP contribution >= 0.6 is 0 Å². The van der Waals surface area contributed by atoms with Gasteiger partial charge in [0.05, 0.1) is 17.6 Å². The van der Waals surface area contributed by atoms with Crippen molar-refractivity contribution in [3.8, 4) is 0 Å². The van der Waals surface area contributed by atoms with Crippen molar-refractivity contribution in [2.75, 3.05) is 5.23 Å². The summed E-state index contributed by atoms with van der Waals surface area (Å²) >= 11 is 0. The first-order valence-corrected chi connectivity index (χ1v) is 6.28. The summed E-state index contributed by atoms with van der Waals surface area (Å²) in [6.07, 6.45) is 1.41. The van der Waals surface area contributed by atoms with Gasteiger partial charge in [-0.2, -0.15) is 5.10 Å². The number of hydrogen-bond donors (Lipinski definition) is 4. The topological polar surface area (TPSA) is 116 Å². The number of hydrazone groups is 1. The molecule has 0 amide bonds. The molecular weight excluding hydrogens is 286 g/mol. The zero-order chi connectivity index (χ0) is 15.8. The average molecular weight is 300 g/mol. The first-order valence-electron chi connectivity index (χ1n) is 6.28. The van der Waals surface area contributed by atoms with E-state index in [9.17, 15) is 5.21 Å². The number of para-hydroxylation sites is 1. The smallest absolute Gasteiger partial charge is 0.206 e. The highest BCUT2D eigenvalue weighted by Crippen LogP contribution is 2.11. The molecule has 8 nitrogen and oxygen atoms in total. The monoisotopic (exact) mass is 300 g/mol. The van der Waals surface area contributed by atoms with Gasteiger partial charge in [0.15, 0.2) is 0 Å². The number of aliphatic imine (C=N–C) groups is 1. The van der Waals surface area contributed by atoms with Crippen LogP contribution in [0.25, 0.3) is 0 Å². The zero-order valence-corrected chi connectivity index (χ0v) is 11.4. The fourth-order valence-electron chi connectivity index (χ4n) is 1.60. The van der Waals surface area contributed by atoms with Gasteiger partial charge in [-0.3, -0.25) is 10.4 Å². The van der Waals surface area contributed by atoms with Gasteiger partial charge in [-0.15, -0.1) is 5.23 Å². The third kappa shape index (κ3) is 4.56. The van der Waals surface area contributed by atoms with E-state index in [0.717, 1.165) is 0 Å². The van der Waals surface area contributed by atoms with Crippen molar-refractivity contribution in [3.63, 3.8) is 0 Å². The molecule has 0 heterocycles. The number of hydrogen-bond acceptors (Lipinski definition) is 6. The molecule has 0 aliphatic carbocycles. The van der Waals surface area contributed by atoms with E-state index in [1.807, 2.05) is 6.07 Å². The van der Waals surface area contributed by atoms with Crippen molar-refractivity contribution in [1.29, 1.82) is 0 Å². The standard InChI is InChI=1S/C14H14N5O3/c20-18-14(16-12-6-2-1-3-7-12)17-15-10-11-5-4-8-13(9-11)19(21)22/h1-10,21-22H,(H2-,16,17,18,20)/q-1/b15-10+. The summed E-state index contributed by atoms with van der Waals surface area (Å²) in [6, 6.07) is 15.2. The van der Waals surface area contributed by atoms with E-state index in [2.05, 4.69) is 15.5 Å². The summed E-state index contributed by atoms with van der Waals surface area (Å²) in [5.41, 5.74) is 5.51. The first-order chi connectivity index (χ1) is 10.7. The molecule has 0 radical (unpaired) electrons. The molecule has 0 spiro atoms. The Morgan fingerprint density at radius 1 is 1.09 bits per heavy atom. The lowest BCUT2D eigenvalue weighted by atomic mass is 10.2. The Labute approximate surface area is 126 Å². The van der Waals surface area contributed by atoms with E-state index in [-0.39, 0.29) is 16.9 Å². The van der Waals surface area contributed by atoms with Gasteiger partial charge in [-0.05, 0) is 29.8 Å². The molecule has 114 valence electrons. The van der Waals surface area contributed by atoms with Crippen LogP contribution in [0.1, 0.15) is 5.56 Å². The molecule has 0 saturated carbocycles. The van der Waals surface area contributed by atoms with Crippen LogP contribution in [0.5, 0.6) is 0 Å². The van der Waals surface area contributed by atoms with E-state index in [1.54, 1.807) is 41.9 Å². The van der Waals surface area contributed by atoms with Crippen LogP contribution in [-0.2, 0) is 0 Å². The van der Waals surface area contributed by atoms with Crippen LogP contribution in [-0.4, -0.2) is 22.6 Å². The number of anilines is 1. The fourth-order valence-corrected chi connectivity index (χ4v) is 1.60. The average Bonchev–Trinajstić information content (AvgIpc) is 2.55. The Balaban J connectivity index is 2.04. The Bertz CT molecular complexity index is 659. The number of hydroxylamine groups is 1. The molecule has 0 unspecified atom stereocenters. The van der Waals surface area contributed by atoms with Crippen LogP contribution in [0, 0.1) is 5.21 Å². The number of rotatable bonds is 4. The molecule has 4 N–H and O–H groups in total. The van der Waals surface area contributed by atoms with Gasteiger partial charge in [-0.25, -0.2) is 10.4 Å². The molecular formula is C14H14N5O3-. The van der Waals surface area contributed by atoms with Crippen molar-refractivity contribution in [1.82, 2.24) is 10.9 Å². The number of benzene rings is 2. The fraction of sp³-hybridized carbons (Fsp3) is 0. The molecule has 0 aromatic heterocycles. The molecule has 0 fully saturated rings. The Kier molecular flexibility index (Phi) is 5.44. The summed E-state index contributed by atoms with van der Waals surface area (Å²) in [6.45, 7) is 0. The van der Waals surface area contributed by atoms with E-state index in [1.165, 1.54) is 18.3 Å². The molecule has 2 aromatic carbocycles. The molecule has 8 heteroatoms. The van der Waals surface area contributed by atoms with E-state index < -0.39 is 0 Å². The largest absolute Gasteiger partial charge is 0.759 e. The maximum atomic E-state index is 10.8. The Morgan fingerprint density at radius 2 is 1.86 bits per heavy atom. The van der Waals surface area contributed by atoms with Crippen LogP contribution in [0.3, 0.4) is 0 Å². The lowest BCUT2D eigenvalue weighted by molar-refractivity contribution is 0.0291. The predicted octanol–water partition coefficient (Wildman–Crippen LogP) is 1.97. The Morgan fingerprint density at radius 3 is 2.55 bits per heavy atom.